The maximum absolute atomic E-state index is 10.9. The highest BCUT2D eigenvalue weighted by Gasteiger charge is 2.47. The van der Waals surface area contributed by atoms with Crippen LogP contribution in [0.15, 0.2) is 77.0 Å². The number of allylic oxidation sites excluding steroid dienone is 2. The Hall–Kier alpha value is -4.86. The van der Waals surface area contributed by atoms with Crippen molar-refractivity contribution in [2.24, 2.45) is 0 Å². The van der Waals surface area contributed by atoms with E-state index >= 15 is 0 Å². The summed E-state index contributed by atoms with van der Waals surface area (Å²) in [6.07, 6.45) is -4.54. The van der Waals surface area contributed by atoms with Gasteiger partial charge in [0.05, 0.1) is 33.5 Å². The number of hydrogen-bond acceptors (Lipinski definition) is 14. The molecule has 0 aromatic heterocycles. The van der Waals surface area contributed by atoms with E-state index in [1.165, 1.54) is 51.7 Å². The van der Waals surface area contributed by atoms with Crippen LogP contribution in [0.2, 0.25) is 0 Å². The van der Waals surface area contributed by atoms with Gasteiger partial charge in [-0.15, -0.1) is 0 Å². The van der Waals surface area contributed by atoms with Crippen molar-refractivity contribution in [2.45, 2.75) is 36.8 Å². The van der Waals surface area contributed by atoms with Crippen LogP contribution in [0, 0.1) is 0 Å². The molecule has 0 spiro atoms. The molecule has 1 fully saturated rings. The molecule has 0 saturated carbocycles. The van der Waals surface area contributed by atoms with Crippen LogP contribution in [-0.2, 0) is 18.9 Å². The first-order chi connectivity index (χ1) is 22.1. The van der Waals surface area contributed by atoms with Crippen molar-refractivity contribution in [1.29, 1.82) is 0 Å². The first-order valence-electron chi connectivity index (χ1n) is 14.1. The fourth-order valence-corrected chi connectivity index (χ4v) is 5.54. The first-order valence-corrected chi connectivity index (χ1v) is 14.1. The number of rotatable bonds is 8. The Bertz CT molecular complexity index is 1680. The standard InChI is InChI=1S/C32H32O14/c1-40-19-6-13(4-5-17(19)35)18-11-16-25-20(43-18)9-15(34)10-21(25)44-30(14-7-22(41-2)26(36)23(8-14)42-3)31(16)46-32-29(39)28(38)27(37)24(12-33)45-32/h4-11,21,24,27-29,32-39H,12H2,1-3H3. The normalized spacial score (nSPS) is 27.0. The fraction of sp³-hybridized carbons (Fsp3) is 0.312. The molecule has 6 atom stereocenters. The number of benzene rings is 2. The summed E-state index contributed by atoms with van der Waals surface area (Å²) in [5.74, 6) is 0.0927. The summed E-state index contributed by atoms with van der Waals surface area (Å²) in [5, 5.41) is 72.9. The van der Waals surface area contributed by atoms with Crippen molar-refractivity contribution >= 4 is 11.5 Å². The quantitative estimate of drug-likeness (QED) is 0.219. The molecule has 0 bridgehead atoms. The van der Waals surface area contributed by atoms with Crippen molar-refractivity contribution in [1.82, 2.24) is 0 Å². The summed E-state index contributed by atoms with van der Waals surface area (Å²) in [6.45, 7) is -0.687. The van der Waals surface area contributed by atoms with Crippen molar-refractivity contribution in [2.75, 3.05) is 27.9 Å². The van der Waals surface area contributed by atoms with E-state index in [0.29, 0.717) is 16.7 Å². The largest absolute Gasteiger partial charge is 0.508 e. The van der Waals surface area contributed by atoms with Crippen molar-refractivity contribution in [3.8, 4) is 28.7 Å². The third kappa shape index (κ3) is 5.25. The van der Waals surface area contributed by atoms with Gasteiger partial charge in [-0.2, -0.15) is 0 Å². The molecule has 2 aromatic rings. The second-order valence-corrected chi connectivity index (χ2v) is 10.7. The van der Waals surface area contributed by atoms with Gasteiger partial charge in [0.25, 0.3) is 0 Å². The van der Waals surface area contributed by atoms with E-state index in [1.54, 1.807) is 18.2 Å². The minimum absolute atomic E-state index is 0.0170. The lowest BCUT2D eigenvalue weighted by Gasteiger charge is -2.41. The maximum atomic E-state index is 10.9. The van der Waals surface area contributed by atoms with Gasteiger partial charge >= 0.3 is 0 Å². The number of hydrogen-bond donors (Lipinski definition) is 7. The molecule has 7 N–H and O–H groups in total. The summed E-state index contributed by atoms with van der Waals surface area (Å²) < 4.78 is 40.5. The molecule has 1 aliphatic carbocycles. The maximum Gasteiger partial charge on any atom is 0.229 e. The summed E-state index contributed by atoms with van der Waals surface area (Å²) in [5.41, 5.74) is 1.51. The molecule has 6 unspecified atom stereocenters. The highest BCUT2D eigenvalue weighted by Crippen LogP contribution is 2.49. The van der Waals surface area contributed by atoms with Gasteiger partial charge in [0.2, 0.25) is 12.0 Å². The molecule has 14 nitrogen and oxygen atoms in total. The molecule has 6 rings (SSSR count). The van der Waals surface area contributed by atoms with Gasteiger partial charge in [-0.05, 0) is 36.4 Å². The Balaban J connectivity index is 1.58. The van der Waals surface area contributed by atoms with Gasteiger partial charge in [0, 0.05) is 28.9 Å². The number of phenolic OH excluding ortho intramolecular Hbond substituents is 2. The van der Waals surface area contributed by atoms with Crippen molar-refractivity contribution in [3.63, 3.8) is 0 Å². The third-order valence-corrected chi connectivity index (χ3v) is 7.92. The smallest absolute Gasteiger partial charge is 0.229 e. The van der Waals surface area contributed by atoms with Gasteiger partial charge in [-0.3, -0.25) is 0 Å². The molecule has 244 valence electrons. The van der Waals surface area contributed by atoms with Crippen LogP contribution < -0.4 is 14.2 Å². The number of phenols is 2. The van der Waals surface area contributed by atoms with Crippen LogP contribution in [0.1, 0.15) is 11.1 Å². The van der Waals surface area contributed by atoms with E-state index in [1.807, 2.05) is 0 Å². The van der Waals surface area contributed by atoms with E-state index in [9.17, 15) is 35.7 Å². The molecule has 0 amide bonds. The Kier molecular flexibility index (Phi) is 8.22. The van der Waals surface area contributed by atoms with E-state index < -0.39 is 43.4 Å². The highest BCUT2D eigenvalue weighted by atomic mass is 16.7. The Morgan fingerprint density at radius 3 is 2.11 bits per heavy atom. The lowest BCUT2D eigenvalue weighted by molar-refractivity contribution is -0.290. The van der Waals surface area contributed by atoms with Gasteiger partial charge < -0.3 is 68.9 Å². The summed E-state index contributed by atoms with van der Waals surface area (Å²) in [6, 6.07) is 7.45. The Morgan fingerprint density at radius 1 is 0.783 bits per heavy atom. The molecule has 2 aromatic carbocycles. The van der Waals surface area contributed by atoms with Crippen LogP contribution in [0.3, 0.4) is 0 Å². The van der Waals surface area contributed by atoms with Gasteiger partial charge in [-0.25, -0.2) is 0 Å². The summed E-state index contributed by atoms with van der Waals surface area (Å²) in [7, 11) is 4.09. The molecule has 4 aliphatic rings. The van der Waals surface area contributed by atoms with Crippen LogP contribution in [0.25, 0.3) is 11.5 Å². The van der Waals surface area contributed by atoms with Crippen LogP contribution in [-0.4, -0.2) is 100 Å². The monoisotopic (exact) mass is 640 g/mol. The van der Waals surface area contributed by atoms with Crippen LogP contribution >= 0.6 is 0 Å². The predicted octanol–water partition coefficient (Wildman–Crippen LogP) is 1.71. The SMILES string of the molecule is COc1cc(C2=CC3=C4C(=CC(O)=CC4OC(c4cc(OC)c(O)c(OC)c4)=C3OC3OC(CO)C(O)C(O)C3O)O2)ccc1O. The molecule has 14 heteroatoms. The first kappa shape index (κ1) is 31.1. The van der Waals surface area contributed by atoms with Crippen LogP contribution in [0.5, 0.6) is 28.7 Å². The molecule has 3 heterocycles. The lowest BCUT2D eigenvalue weighted by atomic mass is 9.88. The van der Waals surface area contributed by atoms with Gasteiger partial charge in [0.15, 0.2) is 40.6 Å². The minimum atomic E-state index is -1.77. The molecular weight excluding hydrogens is 608 g/mol. The number of methoxy groups -OCH3 is 3. The fourth-order valence-electron chi connectivity index (χ4n) is 5.54. The molecule has 3 aliphatic heterocycles. The Morgan fingerprint density at radius 2 is 1.46 bits per heavy atom. The van der Waals surface area contributed by atoms with E-state index in [2.05, 4.69) is 0 Å². The summed E-state index contributed by atoms with van der Waals surface area (Å²) >= 11 is 0. The number of aliphatic hydroxyl groups is 5. The highest BCUT2D eigenvalue weighted by molar-refractivity contribution is 5.80. The summed E-state index contributed by atoms with van der Waals surface area (Å²) in [4.78, 5) is 0. The zero-order valence-corrected chi connectivity index (χ0v) is 24.8. The Labute approximate surface area is 262 Å². The van der Waals surface area contributed by atoms with E-state index in [4.69, 9.17) is 33.2 Å². The molecule has 0 radical (unpaired) electrons. The van der Waals surface area contributed by atoms with Crippen LogP contribution in [0.4, 0.5) is 0 Å². The minimum Gasteiger partial charge on any atom is -0.508 e. The lowest BCUT2D eigenvalue weighted by Crippen LogP contribution is -2.59. The van der Waals surface area contributed by atoms with E-state index in [-0.39, 0.29) is 63.1 Å². The number of ether oxygens (including phenoxy) is 7. The van der Waals surface area contributed by atoms with Crippen molar-refractivity contribution in [3.05, 3.63) is 88.1 Å². The third-order valence-electron chi connectivity index (χ3n) is 7.92. The predicted molar refractivity (Wildman–Crippen MR) is 157 cm³/mol. The zero-order valence-electron chi connectivity index (χ0n) is 24.8. The molecule has 1 saturated heterocycles. The average molecular weight is 641 g/mol. The zero-order chi connectivity index (χ0) is 32.9. The number of aliphatic hydroxyl groups excluding tert-OH is 5. The molecular formula is C32H32O14. The number of aromatic hydroxyl groups is 2. The van der Waals surface area contributed by atoms with E-state index in [0.717, 1.165) is 0 Å². The average Bonchev–Trinajstić information content (AvgIpc) is 3.05. The second-order valence-electron chi connectivity index (χ2n) is 10.7. The second kappa shape index (κ2) is 12.2. The van der Waals surface area contributed by atoms with Crippen molar-refractivity contribution < 1.29 is 68.9 Å². The topological polar surface area (TPSA) is 206 Å². The van der Waals surface area contributed by atoms with Gasteiger partial charge in [0.1, 0.15) is 41.7 Å². The molecule has 46 heavy (non-hydrogen) atoms. The van der Waals surface area contributed by atoms with Gasteiger partial charge in [-0.1, -0.05) is 0 Å².